The largest absolute Gasteiger partial charge is 0.496 e. The summed E-state index contributed by atoms with van der Waals surface area (Å²) in [6.45, 7) is 0. The Kier molecular flexibility index (Phi) is 4.04. The van der Waals surface area contributed by atoms with E-state index in [1.54, 1.807) is 19.2 Å². The van der Waals surface area contributed by atoms with Gasteiger partial charge in [-0.1, -0.05) is 30.3 Å². The van der Waals surface area contributed by atoms with E-state index in [1.807, 2.05) is 30.3 Å². The summed E-state index contributed by atoms with van der Waals surface area (Å²) in [4.78, 5) is 0.665. The Morgan fingerprint density at radius 2 is 1.76 bits per heavy atom. The first-order chi connectivity index (χ1) is 8.31. The maximum Gasteiger partial charge on any atom is 0.136 e. The first-order valence-electron chi connectivity index (χ1n) is 5.30. The second-order valence-corrected chi connectivity index (χ2v) is 4.55. The summed E-state index contributed by atoms with van der Waals surface area (Å²) in [5.41, 5.74) is 1.07. The topological polar surface area (TPSA) is 9.23 Å². The lowest BCUT2D eigenvalue weighted by molar-refractivity contribution is 0.411. The average molecular weight is 248 g/mol. The Labute approximate surface area is 105 Å². The highest BCUT2D eigenvalue weighted by Crippen LogP contribution is 2.29. The molecule has 0 saturated heterocycles. The van der Waals surface area contributed by atoms with Crippen molar-refractivity contribution >= 4 is 11.8 Å². The highest BCUT2D eigenvalue weighted by atomic mass is 32.2. The Morgan fingerprint density at radius 1 is 1.06 bits per heavy atom. The van der Waals surface area contributed by atoms with Crippen LogP contribution >= 0.6 is 11.8 Å². The fourth-order valence-electron chi connectivity index (χ4n) is 1.54. The molecule has 0 spiro atoms. The van der Waals surface area contributed by atoms with Crippen LogP contribution in [0.2, 0.25) is 0 Å². The van der Waals surface area contributed by atoms with Crippen LogP contribution in [0.25, 0.3) is 0 Å². The van der Waals surface area contributed by atoms with Gasteiger partial charge in [-0.15, -0.1) is 11.8 Å². The van der Waals surface area contributed by atoms with Crippen molar-refractivity contribution in [3.8, 4) is 5.75 Å². The first kappa shape index (κ1) is 12.0. The smallest absolute Gasteiger partial charge is 0.136 e. The van der Waals surface area contributed by atoms with E-state index in [-0.39, 0.29) is 5.82 Å². The van der Waals surface area contributed by atoms with E-state index in [2.05, 4.69) is 0 Å². The number of hydrogen-bond donors (Lipinski definition) is 0. The highest BCUT2D eigenvalue weighted by molar-refractivity contribution is 7.98. The van der Waals surface area contributed by atoms with Gasteiger partial charge in [-0.3, -0.25) is 0 Å². The lowest BCUT2D eigenvalue weighted by Gasteiger charge is -2.08. The molecule has 3 heteroatoms. The van der Waals surface area contributed by atoms with E-state index < -0.39 is 0 Å². The molecule has 0 heterocycles. The third-order valence-electron chi connectivity index (χ3n) is 2.41. The SMILES string of the molecule is COc1ccccc1CSc1ccccc1F. The van der Waals surface area contributed by atoms with E-state index in [4.69, 9.17) is 4.74 Å². The molecule has 1 nitrogen and oxygen atoms in total. The molecular formula is C14H13FOS. The predicted molar refractivity (Wildman–Crippen MR) is 69.0 cm³/mol. The molecule has 0 atom stereocenters. The van der Waals surface area contributed by atoms with Crippen LogP contribution in [0.5, 0.6) is 5.75 Å². The average Bonchev–Trinajstić information content (AvgIpc) is 2.38. The van der Waals surface area contributed by atoms with Gasteiger partial charge in [0.15, 0.2) is 0 Å². The van der Waals surface area contributed by atoms with Crippen molar-refractivity contribution in [3.05, 3.63) is 59.9 Å². The molecule has 17 heavy (non-hydrogen) atoms. The molecule has 0 saturated carbocycles. The van der Waals surface area contributed by atoms with Crippen molar-refractivity contribution in [2.24, 2.45) is 0 Å². The summed E-state index contributed by atoms with van der Waals surface area (Å²) in [5, 5.41) is 0. The Morgan fingerprint density at radius 3 is 2.53 bits per heavy atom. The number of methoxy groups -OCH3 is 1. The molecule has 0 radical (unpaired) electrons. The molecule has 0 fully saturated rings. The summed E-state index contributed by atoms with van der Waals surface area (Å²) in [6.07, 6.45) is 0. The van der Waals surface area contributed by atoms with E-state index >= 15 is 0 Å². The van der Waals surface area contributed by atoms with Gasteiger partial charge >= 0.3 is 0 Å². The summed E-state index contributed by atoms with van der Waals surface area (Å²) < 4.78 is 18.7. The minimum atomic E-state index is -0.174. The minimum absolute atomic E-state index is 0.174. The van der Waals surface area contributed by atoms with Crippen molar-refractivity contribution in [2.75, 3.05) is 7.11 Å². The number of halogens is 1. The summed E-state index contributed by atoms with van der Waals surface area (Å²) >= 11 is 1.47. The lowest BCUT2D eigenvalue weighted by atomic mass is 10.2. The van der Waals surface area contributed by atoms with Crippen LogP contribution < -0.4 is 4.74 Å². The predicted octanol–water partition coefficient (Wildman–Crippen LogP) is 4.13. The molecule has 88 valence electrons. The van der Waals surface area contributed by atoms with Crippen LogP contribution in [0.1, 0.15) is 5.56 Å². The van der Waals surface area contributed by atoms with Gasteiger partial charge in [-0.25, -0.2) is 4.39 Å². The minimum Gasteiger partial charge on any atom is -0.496 e. The van der Waals surface area contributed by atoms with Gasteiger partial charge in [0, 0.05) is 16.2 Å². The zero-order valence-corrected chi connectivity index (χ0v) is 10.3. The van der Waals surface area contributed by atoms with Gasteiger partial charge in [0.1, 0.15) is 11.6 Å². The standard InChI is InChI=1S/C14H13FOS/c1-16-13-8-4-2-6-11(13)10-17-14-9-5-3-7-12(14)15/h2-9H,10H2,1H3. The van der Waals surface area contributed by atoms with Crippen molar-refractivity contribution in [1.82, 2.24) is 0 Å². The molecule has 0 aliphatic rings. The second kappa shape index (κ2) is 5.73. The molecule has 0 aliphatic carbocycles. The number of hydrogen-bond acceptors (Lipinski definition) is 2. The normalized spacial score (nSPS) is 10.2. The number of ether oxygens (including phenoxy) is 1. The number of para-hydroxylation sites is 1. The lowest BCUT2D eigenvalue weighted by Crippen LogP contribution is -1.90. The monoisotopic (exact) mass is 248 g/mol. The van der Waals surface area contributed by atoms with Crippen LogP contribution in [-0.4, -0.2) is 7.11 Å². The van der Waals surface area contributed by atoms with Gasteiger partial charge in [0.25, 0.3) is 0 Å². The molecule has 0 unspecified atom stereocenters. The molecular weight excluding hydrogens is 235 g/mol. The highest BCUT2D eigenvalue weighted by Gasteiger charge is 2.05. The van der Waals surface area contributed by atoms with E-state index in [0.29, 0.717) is 10.6 Å². The zero-order chi connectivity index (χ0) is 12.1. The quantitative estimate of drug-likeness (QED) is 0.752. The molecule has 0 bridgehead atoms. The maximum atomic E-state index is 13.4. The Bertz CT molecular complexity index is 499. The van der Waals surface area contributed by atoms with E-state index in [9.17, 15) is 4.39 Å². The van der Waals surface area contributed by atoms with Crippen LogP contribution in [0.15, 0.2) is 53.4 Å². The molecule has 0 amide bonds. The van der Waals surface area contributed by atoms with Gasteiger partial charge in [0.2, 0.25) is 0 Å². The molecule has 0 aromatic heterocycles. The second-order valence-electron chi connectivity index (χ2n) is 3.53. The van der Waals surface area contributed by atoms with E-state index in [0.717, 1.165) is 11.3 Å². The first-order valence-corrected chi connectivity index (χ1v) is 6.29. The van der Waals surface area contributed by atoms with Crippen molar-refractivity contribution in [2.45, 2.75) is 10.6 Å². The molecule has 2 aromatic carbocycles. The van der Waals surface area contributed by atoms with Gasteiger partial charge in [0.05, 0.1) is 7.11 Å². The van der Waals surface area contributed by atoms with Gasteiger partial charge < -0.3 is 4.74 Å². The van der Waals surface area contributed by atoms with Crippen molar-refractivity contribution in [3.63, 3.8) is 0 Å². The third kappa shape index (κ3) is 3.01. The van der Waals surface area contributed by atoms with Crippen molar-refractivity contribution < 1.29 is 9.13 Å². The van der Waals surface area contributed by atoms with Crippen LogP contribution in [0, 0.1) is 5.82 Å². The molecule has 2 aromatic rings. The number of thioether (sulfide) groups is 1. The number of rotatable bonds is 4. The summed E-state index contributed by atoms with van der Waals surface area (Å²) in [7, 11) is 1.65. The molecule has 0 N–H and O–H groups in total. The number of benzene rings is 2. The van der Waals surface area contributed by atoms with E-state index in [1.165, 1.54) is 17.8 Å². The Balaban J connectivity index is 2.10. The van der Waals surface area contributed by atoms with Gasteiger partial charge in [-0.05, 0) is 18.2 Å². The van der Waals surface area contributed by atoms with Crippen LogP contribution in [0.3, 0.4) is 0 Å². The van der Waals surface area contributed by atoms with Crippen LogP contribution in [0.4, 0.5) is 4.39 Å². The fraction of sp³-hybridized carbons (Fsp3) is 0.143. The molecule has 2 rings (SSSR count). The fourth-order valence-corrected chi connectivity index (χ4v) is 2.47. The molecule has 0 aliphatic heterocycles. The summed E-state index contributed by atoms with van der Waals surface area (Å²) in [6, 6.07) is 14.6. The van der Waals surface area contributed by atoms with Gasteiger partial charge in [-0.2, -0.15) is 0 Å². The zero-order valence-electron chi connectivity index (χ0n) is 9.52. The maximum absolute atomic E-state index is 13.4. The van der Waals surface area contributed by atoms with Crippen molar-refractivity contribution in [1.29, 1.82) is 0 Å². The third-order valence-corrected chi connectivity index (χ3v) is 3.51. The Hall–Kier alpha value is -1.48. The van der Waals surface area contributed by atoms with Crippen LogP contribution in [-0.2, 0) is 5.75 Å². The summed E-state index contributed by atoms with van der Waals surface area (Å²) in [5.74, 6) is 1.37.